The maximum Gasteiger partial charge on any atom is 0.340 e. The molecule has 0 radical (unpaired) electrons. The van der Waals surface area contributed by atoms with Crippen molar-refractivity contribution < 1.29 is 9.53 Å². The third kappa shape index (κ3) is 4.68. The maximum absolute atomic E-state index is 12.0. The van der Waals surface area contributed by atoms with E-state index in [1.54, 1.807) is 18.5 Å². The molecule has 4 rings (SSSR count). The first kappa shape index (κ1) is 20.5. The zero-order valence-electron chi connectivity index (χ0n) is 17.4. The number of carbonyl (C=O) groups excluding carboxylic acids is 1. The fourth-order valence-electron chi connectivity index (χ4n) is 4.04. The topological polar surface area (TPSA) is 51.2 Å². The molecule has 0 unspecified atom stereocenters. The van der Waals surface area contributed by atoms with Crippen molar-refractivity contribution in [1.82, 2.24) is 4.98 Å². The van der Waals surface area contributed by atoms with Crippen LogP contribution in [0.3, 0.4) is 0 Å². The number of ether oxygens (including phenoxy) is 1. The molecule has 0 spiro atoms. The fraction of sp³-hybridized carbons (Fsp3) is 0.280. The van der Waals surface area contributed by atoms with E-state index in [0.717, 1.165) is 25.1 Å². The third-order valence-electron chi connectivity index (χ3n) is 5.54. The number of methoxy groups -OCH3 is 1. The standard InChI is InChI=1S/C25H26N2O2S/c1-17-5-3-8-20(13-17)30-21-9-10-22-18(14-21)6-4-7-19(22)15-27-24-16-26-12-11-23(24)25(28)29-2/h3,5,8-14,16,19,27H,4,6-7,15H2,1-2H3/t19-/m1/s1. The molecule has 1 atom stereocenters. The van der Waals surface area contributed by atoms with Crippen LogP contribution < -0.4 is 5.32 Å². The smallest absolute Gasteiger partial charge is 0.340 e. The van der Waals surface area contributed by atoms with Gasteiger partial charge in [0.15, 0.2) is 0 Å². The van der Waals surface area contributed by atoms with Crippen LogP contribution in [0.15, 0.2) is 70.7 Å². The molecule has 0 bridgehead atoms. The summed E-state index contributed by atoms with van der Waals surface area (Å²) < 4.78 is 4.89. The molecule has 1 aliphatic carbocycles. The number of hydrogen-bond acceptors (Lipinski definition) is 5. The predicted octanol–water partition coefficient (Wildman–Crippen LogP) is 5.86. The molecule has 5 heteroatoms. The first-order valence-electron chi connectivity index (χ1n) is 10.3. The van der Waals surface area contributed by atoms with Gasteiger partial charge in [0.1, 0.15) is 0 Å². The second-order valence-corrected chi connectivity index (χ2v) is 8.81. The number of aromatic nitrogens is 1. The number of pyridine rings is 1. The molecular formula is C25H26N2O2S. The van der Waals surface area contributed by atoms with Gasteiger partial charge in [0.2, 0.25) is 0 Å². The second-order valence-electron chi connectivity index (χ2n) is 7.66. The van der Waals surface area contributed by atoms with Crippen LogP contribution in [0.5, 0.6) is 0 Å². The summed E-state index contributed by atoms with van der Waals surface area (Å²) in [7, 11) is 1.40. The fourth-order valence-corrected chi connectivity index (χ4v) is 5.04. The highest BCUT2D eigenvalue weighted by molar-refractivity contribution is 7.99. The van der Waals surface area contributed by atoms with E-state index in [-0.39, 0.29) is 5.97 Å². The SMILES string of the molecule is COC(=O)c1ccncc1NC[C@H]1CCCc2cc(Sc3cccc(C)c3)ccc21. The summed E-state index contributed by atoms with van der Waals surface area (Å²) in [6, 6.07) is 17.2. The van der Waals surface area contributed by atoms with Gasteiger partial charge in [0.05, 0.1) is 24.6 Å². The molecule has 154 valence electrons. The molecule has 0 aliphatic heterocycles. The van der Waals surface area contributed by atoms with Gasteiger partial charge in [-0.1, -0.05) is 35.5 Å². The summed E-state index contributed by atoms with van der Waals surface area (Å²) in [5.41, 5.74) is 5.37. The van der Waals surface area contributed by atoms with E-state index in [2.05, 4.69) is 59.7 Å². The average molecular weight is 419 g/mol. The highest BCUT2D eigenvalue weighted by atomic mass is 32.2. The molecular weight excluding hydrogens is 392 g/mol. The molecule has 0 saturated heterocycles. The van der Waals surface area contributed by atoms with Crippen LogP contribution in [0.2, 0.25) is 0 Å². The van der Waals surface area contributed by atoms with Crippen molar-refractivity contribution in [1.29, 1.82) is 0 Å². The van der Waals surface area contributed by atoms with Crippen LogP contribution in [0, 0.1) is 6.92 Å². The zero-order valence-corrected chi connectivity index (χ0v) is 18.2. The molecule has 1 N–H and O–H groups in total. The number of carbonyl (C=O) groups is 1. The summed E-state index contributed by atoms with van der Waals surface area (Å²) in [6.07, 6.45) is 6.74. The van der Waals surface area contributed by atoms with E-state index in [1.807, 2.05) is 11.8 Å². The number of hydrogen-bond donors (Lipinski definition) is 1. The Balaban J connectivity index is 1.49. The van der Waals surface area contributed by atoms with Gasteiger partial charge in [0, 0.05) is 28.5 Å². The van der Waals surface area contributed by atoms with Gasteiger partial charge in [-0.15, -0.1) is 0 Å². The van der Waals surface area contributed by atoms with Crippen LogP contribution >= 0.6 is 11.8 Å². The molecule has 0 fully saturated rings. The lowest BCUT2D eigenvalue weighted by atomic mass is 9.83. The Morgan fingerprint density at radius 2 is 2.07 bits per heavy atom. The number of esters is 1. The lowest BCUT2D eigenvalue weighted by molar-refractivity contribution is 0.0601. The van der Waals surface area contributed by atoms with Gasteiger partial charge in [-0.2, -0.15) is 0 Å². The Labute approximate surface area is 182 Å². The monoisotopic (exact) mass is 418 g/mol. The lowest BCUT2D eigenvalue weighted by Crippen LogP contribution is -2.19. The van der Waals surface area contributed by atoms with Crippen molar-refractivity contribution >= 4 is 23.4 Å². The van der Waals surface area contributed by atoms with E-state index in [4.69, 9.17) is 4.74 Å². The van der Waals surface area contributed by atoms with Gasteiger partial charge in [-0.05, 0) is 67.6 Å². The number of fused-ring (bicyclic) bond motifs is 1. The molecule has 2 aromatic carbocycles. The van der Waals surface area contributed by atoms with Gasteiger partial charge in [0.25, 0.3) is 0 Å². The predicted molar refractivity (Wildman–Crippen MR) is 121 cm³/mol. The molecule has 1 aromatic heterocycles. The highest BCUT2D eigenvalue weighted by Gasteiger charge is 2.21. The van der Waals surface area contributed by atoms with E-state index in [0.29, 0.717) is 11.5 Å². The van der Waals surface area contributed by atoms with Crippen molar-refractivity contribution in [3.63, 3.8) is 0 Å². The Hall–Kier alpha value is -2.79. The van der Waals surface area contributed by atoms with Crippen LogP contribution in [-0.4, -0.2) is 24.6 Å². The van der Waals surface area contributed by atoms with E-state index < -0.39 is 0 Å². The van der Waals surface area contributed by atoms with Crippen LogP contribution in [0.25, 0.3) is 0 Å². The summed E-state index contributed by atoms with van der Waals surface area (Å²) in [5.74, 6) is 0.0687. The van der Waals surface area contributed by atoms with Crippen molar-refractivity contribution in [2.75, 3.05) is 19.0 Å². The number of anilines is 1. The Bertz CT molecular complexity index is 1050. The lowest BCUT2D eigenvalue weighted by Gasteiger charge is -2.27. The molecule has 0 saturated carbocycles. The first-order chi connectivity index (χ1) is 14.6. The molecule has 30 heavy (non-hydrogen) atoms. The summed E-state index contributed by atoms with van der Waals surface area (Å²) >= 11 is 1.82. The Kier molecular flexibility index (Phi) is 6.38. The second kappa shape index (κ2) is 9.35. The van der Waals surface area contributed by atoms with Crippen molar-refractivity contribution in [3.8, 4) is 0 Å². The highest BCUT2D eigenvalue weighted by Crippen LogP contribution is 2.36. The normalized spacial score (nSPS) is 15.3. The number of nitrogens with zero attached hydrogens (tertiary/aromatic N) is 1. The zero-order chi connectivity index (χ0) is 20.9. The van der Waals surface area contributed by atoms with Crippen molar-refractivity contribution in [3.05, 3.63) is 83.2 Å². The average Bonchev–Trinajstić information content (AvgIpc) is 2.77. The Morgan fingerprint density at radius 3 is 2.90 bits per heavy atom. The molecule has 3 aromatic rings. The van der Waals surface area contributed by atoms with Crippen molar-refractivity contribution in [2.45, 2.75) is 41.9 Å². The number of nitrogens with one attached hydrogen (secondary N) is 1. The van der Waals surface area contributed by atoms with E-state index >= 15 is 0 Å². The Morgan fingerprint density at radius 1 is 1.20 bits per heavy atom. The van der Waals surface area contributed by atoms with E-state index in [9.17, 15) is 4.79 Å². The summed E-state index contributed by atoms with van der Waals surface area (Å²) in [5, 5.41) is 3.43. The van der Waals surface area contributed by atoms with Gasteiger partial charge >= 0.3 is 5.97 Å². The van der Waals surface area contributed by atoms with Crippen LogP contribution in [0.4, 0.5) is 5.69 Å². The van der Waals surface area contributed by atoms with Gasteiger partial charge in [-0.3, -0.25) is 4.98 Å². The number of benzene rings is 2. The van der Waals surface area contributed by atoms with Gasteiger partial charge < -0.3 is 10.1 Å². The summed E-state index contributed by atoms with van der Waals surface area (Å²) in [6.45, 7) is 2.90. The first-order valence-corrected chi connectivity index (χ1v) is 11.1. The molecule has 4 nitrogen and oxygen atoms in total. The van der Waals surface area contributed by atoms with Gasteiger partial charge in [-0.25, -0.2) is 4.79 Å². The molecule has 0 amide bonds. The quantitative estimate of drug-likeness (QED) is 0.508. The van der Waals surface area contributed by atoms with Crippen LogP contribution in [0.1, 0.15) is 45.8 Å². The molecule has 1 heterocycles. The minimum atomic E-state index is -0.346. The van der Waals surface area contributed by atoms with E-state index in [1.165, 1.54) is 40.0 Å². The molecule has 1 aliphatic rings. The van der Waals surface area contributed by atoms with Crippen LogP contribution in [-0.2, 0) is 11.2 Å². The summed E-state index contributed by atoms with van der Waals surface area (Å²) in [4.78, 5) is 18.7. The number of rotatable bonds is 6. The number of aryl methyl sites for hydroxylation is 2. The maximum atomic E-state index is 12.0. The largest absolute Gasteiger partial charge is 0.465 e. The minimum Gasteiger partial charge on any atom is -0.465 e. The van der Waals surface area contributed by atoms with Crippen molar-refractivity contribution in [2.24, 2.45) is 0 Å². The third-order valence-corrected chi connectivity index (χ3v) is 6.52. The minimum absolute atomic E-state index is 0.346.